The van der Waals surface area contributed by atoms with Gasteiger partial charge in [0, 0.05) is 42.5 Å². The van der Waals surface area contributed by atoms with Crippen LogP contribution in [0.5, 0.6) is 0 Å². The highest BCUT2D eigenvalue weighted by atomic mass is 32.1. The van der Waals surface area contributed by atoms with Crippen molar-refractivity contribution in [1.29, 1.82) is 0 Å². The van der Waals surface area contributed by atoms with Crippen LogP contribution in [0.25, 0.3) is 75.5 Å². The monoisotopic (exact) mass is 745 g/mol. The molecule has 1 nitrogen and oxygen atoms in total. The van der Waals surface area contributed by atoms with Crippen molar-refractivity contribution >= 4 is 59.3 Å². The Hall–Kier alpha value is -6.74. The molecule has 0 radical (unpaired) electrons. The molecule has 0 fully saturated rings. The fourth-order valence-corrected chi connectivity index (χ4v) is 10.5. The first kappa shape index (κ1) is 33.6. The maximum Gasteiger partial charge on any atom is 0.0549 e. The van der Waals surface area contributed by atoms with Crippen molar-refractivity contribution in [3.05, 3.63) is 211 Å². The molecule has 270 valence electrons. The molecule has 0 atom stereocenters. The number of hydrogen-bond donors (Lipinski definition) is 0. The lowest BCUT2D eigenvalue weighted by atomic mass is 9.80. The second-order valence-corrected chi connectivity index (χ2v) is 16.7. The van der Waals surface area contributed by atoms with Gasteiger partial charge in [-0.25, -0.2) is 0 Å². The van der Waals surface area contributed by atoms with Gasteiger partial charge in [-0.1, -0.05) is 172 Å². The van der Waals surface area contributed by atoms with Gasteiger partial charge >= 0.3 is 0 Å². The Morgan fingerprint density at radius 2 is 0.982 bits per heavy atom. The van der Waals surface area contributed by atoms with E-state index >= 15 is 0 Å². The second kappa shape index (κ2) is 13.2. The van der Waals surface area contributed by atoms with Gasteiger partial charge in [-0.15, -0.1) is 11.3 Å². The third-order valence-corrected chi connectivity index (χ3v) is 13.3. The Kier molecular flexibility index (Phi) is 7.77. The van der Waals surface area contributed by atoms with Crippen molar-refractivity contribution in [1.82, 2.24) is 0 Å². The van der Waals surface area contributed by atoms with E-state index in [9.17, 15) is 0 Å². The minimum absolute atomic E-state index is 0.203. The molecule has 0 saturated heterocycles. The third-order valence-electron chi connectivity index (χ3n) is 12.0. The molecule has 1 aliphatic carbocycles. The molecule has 0 amide bonds. The van der Waals surface area contributed by atoms with Gasteiger partial charge < -0.3 is 4.90 Å². The molecule has 1 aliphatic rings. The first-order chi connectivity index (χ1) is 28.0. The molecule has 57 heavy (non-hydrogen) atoms. The molecule has 1 heterocycles. The molecule has 0 N–H and O–H groups in total. The molecule has 11 rings (SSSR count). The highest BCUT2D eigenvalue weighted by Crippen LogP contribution is 2.57. The van der Waals surface area contributed by atoms with E-state index in [0.29, 0.717) is 0 Å². The van der Waals surface area contributed by atoms with Crippen LogP contribution in [-0.2, 0) is 5.41 Å². The Bertz CT molecular complexity index is 3120. The molecular formula is C55H39NS. The summed E-state index contributed by atoms with van der Waals surface area (Å²) in [5, 5.41) is 5.20. The minimum atomic E-state index is -0.203. The first-order valence-corrected chi connectivity index (χ1v) is 20.6. The van der Waals surface area contributed by atoms with Crippen LogP contribution in [0.1, 0.15) is 25.0 Å². The summed E-state index contributed by atoms with van der Waals surface area (Å²) in [6.45, 7) is 4.80. The second-order valence-electron chi connectivity index (χ2n) is 15.7. The quantitative estimate of drug-likeness (QED) is 0.164. The maximum atomic E-state index is 2.49. The summed E-state index contributed by atoms with van der Waals surface area (Å²) in [6.07, 6.45) is 0. The fourth-order valence-electron chi connectivity index (χ4n) is 9.30. The zero-order valence-electron chi connectivity index (χ0n) is 31.9. The summed E-state index contributed by atoms with van der Waals surface area (Å²) in [6, 6.07) is 73.8. The Morgan fingerprint density at radius 1 is 0.421 bits per heavy atom. The molecule has 9 aromatic carbocycles. The van der Waals surface area contributed by atoms with Crippen LogP contribution in [0.15, 0.2) is 200 Å². The smallest absolute Gasteiger partial charge is 0.0549 e. The molecule has 10 aromatic rings. The Balaban J connectivity index is 1.14. The van der Waals surface area contributed by atoms with Gasteiger partial charge in [0.15, 0.2) is 0 Å². The van der Waals surface area contributed by atoms with E-state index in [-0.39, 0.29) is 5.41 Å². The van der Waals surface area contributed by atoms with Gasteiger partial charge in [0.2, 0.25) is 0 Å². The lowest BCUT2D eigenvalue weighted by Crippen LogP contribution is -2.17. The highest BCUT2D eigenvalue weighted by Gasteiger charge is 2.40. The van der Waals surface area contributed by atoms with Crippen molar-refractivity contribution in [2.45, 2.75) is 19.3 Å². The molecular weight excluding hydrogens is 707 g/mol. The standard InChI is InChI=1S/C55H39NS/c1-55(2)49-33-28-40(37-16-7-4-8-17-37)34-48(49)52-50(35-41-18-9-10-19-44(41)53(52)55)56(42-29-24-38(25-30-42)36-14-5-3-6-15-36)43-31-26-39(27-32-43)45-21-13-22-47-46-20-11-12-23-51(46)57-54(45)47/h3-35H,1-2H3. The Labute approximate surface area is 337 Å². The summed E-state index contributed by atoms with van der Waals surface area (Å²) >= 11 is 1.88. The van der Waals surface area contributed by atoms with Gasteiger partial charge in [-0.2, -0.15) is 0 Å². The SMILES string of the molecule is CC1(C)c2ccc(-c3ccccc3)cc2-c2c(N(c3ccc(-c4ccccc4)cc3)c3ccc(-c4cccc5c4sc4ccccc45)cc3)cc3ccccc3c21. The van der Waals surface area contributed by atoms with Gasteiger partial charge in [0.05, 0.1) is 5.69 Å². The van der Waals surface area contributed by atoms with Crippen molar-refractivity contribution in [2.24, 2.45) is 0 Å². The van der Waals surface area contributed by atoms with Gasteiger partial charge in [0.25, 0.3) is 0 Å². The third kappa shape index (κ3) is 5.44. The van der Waals surface area contributed by atoms with E-state index < -0.39 is 0 Å². The van der Waals surface area contributed by atoms with E-state index in [1.165, 1.54) is 92.3 Å². The van der Waals surface area contributed by atoms with Crippen LogP contribution in [0.3, 0.4) is 0 Å². The number of nitrogens with zero attached hydrogens (tertiary/aromatic N) is 1. The zero-order valence-corrected chi connectivity index (χ0v) is 32.7. The summed E-state index contributed by atoms with van der Waals surface area (Å²) in [5.74, 6) is 0. The van der Waals surface area contributed by atoms with Crippen LogP contribution in [0, 0.1) is 0 Å². The van der Waals surface area contributed by atoms with Crippen LogP contribution in [-0.4, -0.2) is 0 Å². The molecule has 1 aromatic heterocycles. The normalized spacial score (nSPS) is 12.9. The average molecular weight is 746 g/mol. The minimum Gasteiger partial charge on any atom is -0.310 e. The zero-order chi connectivity index (χ0) is 38.1. The van der Waals surface area contributed by atoms with E-state index in [1.807, 2.05) is 11.3 Å². The molecule has 0 saturated carbocycles. The maximum absolute atomic E-state index is 2.49. The lowest BCUT2D eigenvalue weighted by Gasteiger charge is -2.30. The molecule has 0 bridgehead atoms. The van der Waals surface area contributed by atoms with Crippen LogP contribution < -0.4 is 4.90 Å². The predicted octanol–water partition coefficient (Wildman–Crippen LogP) is 16.0. The fraction of sp³-hybridized carbons (Fsp3) is 0.0545. The Morgan fingerprint density at radius 3 is 1.70 bits per heavy atom. The van der Waals surface area contributed by atoms with Crippen LogP contribution >= 0.6 is 11.3 Å². The summed E-state index contributed by atoms with van der Waals surface area (Å²) in [5.41, 5.74) is 16.0. The largest absolute Gasteiger partial charge is 0.310 e. The van der Waals surface area contributed by atoms with E-state index in [0.717, 1.165) is 11.4 Å². The van der Waals surface area contributed by atoms with Crippen LogP contribution in [0.4, 0.5) is 17.1 Å². The first-order valence-electron chi connectivity index (χ1n) is 19.8. The summed E-state index contributed by atoms with van der Waals surface area (Å²) < 4.78 is 2.66. The summed E-state index contributed by atoms with van der Waals surface area (Å²) in [4.78, 5) is 2.49. The highest BCUT2D eigenvalue weighted by molar-refractivity contribution is 7.26. The molecule has 2 heteroatoms. The van der Waals surface area contributed by atoms with Gasteiger partial charge in [0.1, 0.15) is 0 Å². The number of thiophene rings is 1. The molecule has 0 aliphatic heterocycles. The van der Waals surface area contributed by atoms with Gasteiger partial charge in [-0.05, 0) is 103 Å². The van der Waals surface area contributed by atoms with Gasteiger partial charge in [-0.3, -0.25) is 0 Å². The predicted molar refractivity (Wildman–Crippen MR) is 245 cm³/mol. The number of fused-ring (bicyclic) bond motifs is 8. The summed E-state index contributed by atoms with van der Waals surface area (Å²) in [7, 11) is 0. The number of rotatable bonds is 6. The van der Waals surface area contributed by atoms with E-state index in [4.69, 9.17) is 0 Å². The van der Waals surface area contributed by atoms with Crippen molar-refractivity contribution < 1.29 is 0 Å². The molecule has 0 unspecified atom stereocenters. The van der Waals surface area contributed by atoms with E-state index in [1.54, 1.807) is 0 Å². The van der Waals surface area contributed by atoms with Crippen LogP contribution in [0.2, 0.25) is 0 Å². The number of hydrogen-bond acceptors (Lipinski definition) is 2. The average Bonchev–Trinajstić information content (AvgIpc) is 3.77. The number of anilines is 3. The molecule has 0 spiro atoms. The number of benzene rings is 9. The van der Waals surface area contributed by atoms with Crippen molar-refractivity contribution in [3.63, 3.8) is 0 Å². The topological polar surface area (TPSA) is 3.24 Å². The van der Waals surface area contributed by atoms with Crippen molar-refractivity contribution in [2.75, 3.05) is 4.90 Å². The van der Waals surface area contributed by atoms with E-state index in [2.05, 4.69) is 219 Å². The van der Waals surface area contributed by atoms with Crippen molar-refractivity contribution in [3.8, 4) is 44.5 Å². The lowest BCUT2D eigenvalue weighted by molar-refractivity contribution is 0.666.